The molecule has 0 aliphatic heterocycles. The maximum atomic E-state index is 10.6. The molecule has 0 fully saturated rings. The van der Waals surface area contributed by atoms with Crippen molar-refractivity contribution in [2.75, 3.05) is 0 Å². The molecule has 94 valence electrons. The maximum absolute atomic E-state index is 10.6. The number of aromatic nitrogens is 1. The van der Waals surface area contributed by atoms with E-state index in [1.807, 2.05) is 32.0 Å². The van der Waals surface area contributed by atoms with Gasteiger partial charge in [0.2, 0.25) is 0 Å². The second kappa shape index (κ2) is 4.94. The first-order valence-electron chi connectivity index (χ1n) is 5.76. The summed E-state index contributed by atoms with van der Waals surface area (Å²) in [6, 6.07) is 5.76. The summed E-state index contributed by atoms with van der Waals surface area (Å²) in [4.78, 5) is 15.1. The lowest BCUT2D eigenvalue weighted by Crippen LogP contribution is -2.01. The highest BCUT2D eigenvalue weighted by molar-refractivity contribution is 6.32. The van der Waals surface area contributed by atoms with Gasteiger partial charge in [0.05, 0.1) is 11.9 Å². The highest BCUT2D eigenvalue weighted by atomic mass is 35.5. The van der Waals surface area contributed by atoms with E-state index in [-0.39, 0.29) is 6.42 Å². The van der Waals surface area contributed by atoms with Gasteiger partial charge in [0, 0.05) is 22.5 Å². The standard InChI is InChI=1S/C14H14ClNO2/c1-8-7-10(3-6-13(17)18)16-14-9(2)12(15)5-4-11(8)14/h4-5,7H,3,6H2,1-2H3,(H,17,18). The third kappa shape index (κ3) is 2.46. The number of halogens is 1. The Kier molecular flexibility index (Phi) is 3.53. The Bertz CT molecular complexity index is 623. The van der Waals surface area contributed by atoms with E-state index < -0.39 is 5.97 Å². The molecule has 1 aromatic heterocycles. The highest BCUT2D eigenvalue weighted by Gasteiger charge is 2.08. The predicted molar refractivity (Wildman–Crippen MR) is 72.2 cm³/mol. The summed E-state index contributed by atoms with van der Waals surface area (Å²) in [5.41, 5.74) is 3.70. The van der Waals surface area contributed by atoms with Crippen LogP contribution in [-0.2, 0) is 11.2 Å². The molecule has 18 heavy (non-hydrogen) atoms. The van der Waals surface area contributed by atoms with E-state index in [9.17, 15) is 4.79 Å². The smallest absolute Gasteiger partial charge is 0.303 e. The van der Waals surface area contributed by atoms with Crippen molar-refractivity contribution in [3.63, 3.8) is 0 Å². The molecule has 1 heterocycles. The number of nitrogens with zero attached hydrogens (tertiary/aromatic N) is 1. The molecule has 4 heteroatoms. The average Bonchev–Trinajstić information content (AvgIpc) is 2.32. The van der Waals surface area contributed by atoms with Crippen molar-refractivity contribution in [2.24, 2.45) is 0 Å². The number of pyridine rings is 1. The number of rotatable bonds is 3. The first kappa shape index (κ1) is 12.8. The minimum Gasteiger partial charge on any atom is -0.481 e. The quantitative estimate of drug-likeness (QED) is 0.922. The molecule has 0 amide bonds. The number of aryl methyl sites for hydroxylation is 3. The van der Waals surface area contributed by atoms with Gasteiger partial charge in [0.1, 0.15) is 0 Å². The fourth-order valence-corrected chi connectivity index (χ4v) is 2.16. The Morgan fingerprint density at radius 3 is 2.78 bits per heavy atom. The van der Waals surface area contributed by atoms with Crippen LogP contribution in [0.15, 0.2) is 18.2 Å². The van der Waals surface area contributed by atoms with E-state index in [2.05, 4.69) is 4.98 Å². The van der Waals surface area contributed by atoms with Crippen LogP contribution in [0.5, 0.6) is 0 Å². The molecule has 0 saturated carbocycles. The van der Waals surface area contributed by atoms with Gasteiger partial charge in [-0.15, -0.1) is 0 Å². The largest absolute Gasteiger partial charge is 0.481 e. The number of fused-ring (bicyclic) bond motifs is 1. The third-order valence-corrected chi connectivity index (χ3v) is 3.43. The molecule has 0 unspecified atom stereocenters. The molecule has 2 aromatic rings. The fraction of sp³-hybridized carbons (Fsp3) is 0.286. The zero-order valence-corrected chi connectivity index (χ0v) is 11.1. The van der Waals surface area contributed by atoms with Gasteiger partial charge in [0.25, 0.3) is 0 Å². The van der Waals surface area contributed by atoms with Crippen molar-refractivity contribution in [3.05, 3.63) is 40.0 Å². The van der Waals surface area contributed by atoms with Gasteiger partial charge in [-0.05, 0) is 37.1 Å². The number of hydrogen-bond donors (Lipinski definition) is 1. The molecule has 0 bridgehead atoms. The summed E-state index contributed by atoms with van der Waals surface area (Å²) < 4.78 is 0. The van der Waals surface area contributed by atoms with Crippen molar-refractivity contribution < 1.29 is 9.90 Å². The molecule has 0 radical (unpaired) electrons. The highest BCUT2D eigenvalue weighted by Crippen LogP contribution is 2.26. The normalized spacial score (nSPS) is 10.8. The molecule has 0 aliphatic carbocycles. The average molecular weight is 264 g/mol. The topological polar surface area (TPSA) is 50.2 Å². The van der Waals surface area contributed by atoms with Crippen molar-refractivity contribution in [3.8, 4) is 0 Å². The minimum absolute atomic E-state index is 0.0948. The van der Waals surface area contributed by atoms with Crippen molar-refractivity contribution in [1.82, 2.24) is 4.98 Å². The molecular weight excluding hydrogens is 250 g/mol. The molecule has 0 atom stereocenters. The number of carbonyl (C=O) groups is 1. The van der Waals surface area contributed by atoms with Crippen LogP contribution < -0.4 is 0 Å². The van der Waals surface area contributed by atoms with Crippen LogP contribution in [-0.4, -0.2) is 16.1 Å². The van der Waals surface area contributed by atoms with Gasteiger partial charge in [0.15, 0.2) is 0 Å². The lowest BCUT2D eigenvalue weighted by Gasteiger charge is -2.09. The third-order valence-electron chi connectivity index (χ3n) is 3.02. The van der Waals surface area contributed by atoms with Crippen LogP contribution in [0.4, 0.5) is 0 Å². The summed E-state index contributed by atoms with van der Waals surface area (Å²) in [7, 11) is 0. The van der Waals surface area contributed by atoms with Crippen LogP contribution in [0.2, 0.25) is 5.02 Å². The van der Waals surface area contributed by atoms with E-state index in [0.717, 1.165) is 27.7 Å². The molecule has 2 rings (SSSR count). The van der Waals surface area contributed by atoms with E-state index in [1.54, 1.807) is 0 Å². The first-order chi connectivity index (χ1) is 8.49. The SMILES string of the molecule is Cc1cc(CCC(=O)O)nc2c(C)c(Cl)ccc12. The van der Waals surface area contributed by atoms with Gasteiger partial charge >= 0.3 is 5.97 Å². The van der Waals surface area contributed by atoms with Gasteiger partial charge in [-0.3, -0.25) is 9.78 Å². The number of carboxylic acid groups (broad SMARTS) is 1. The zero-order valence-electron chi connectivity index (χ0n) is 10.3. The Morgan fingerprint density at radius 1 is 1.39 bits per heavy atom. The summed E-state index contributed by atoms with van der Waals surface area (Å²) in [6.45, 7) is 3.93. The Labute approximate surface area is 110 Å². The lowest BCUT2D eigenvalue weighted by atomic mass is 10.0. The second-order valence-electron chi connectivity index (χ2n) is 4.39. The van der Waals surface area contributed by atoms with Crippen LogP contribution >= 0.6 is 11.6 Å². The van der Waals surface area contributed by atoms with Crippen molar-refractivity contribution in [2.45, 2.75) is 26.7 Å². The predicted octanol–water partition coefficient (Wildman–Crippen LogP) is 3.52. The van der Waals surface area contributed by atoms with Gasteiger partial charge in [-0.25, -0.2) is 0 Å². The summed E-state index contributed by atoms with van der Waals surface area (Å²) in [5.74, 6) is -0.808. The molecule has 1 aromatic carbocycles. The lowest BCUT2D eigenvalue weighted by molar-refractivity contribution is -0.136. The summed E-state index contributed by atoms with van der Waals surface area (Å²) >= 11 is 6.09. The van der Waals surface area contributed by atoms with Crippen LogP contribution in [0, 0.1) is 13.8 Å². The van der Waals surface area contributed by atoms with Gasteiger partial charge < -0.3 is 5.11 Å². The minimum atomic E-state index is -0.808. The molecule has 0 spiro atoms. The Balaban J connectivity index is 2.52. The zero-order chi connectivity index (χ0) is 13.3. The van der Waals surface area contributed by atoms with E-state index >= 15 is 0 Å². The molecule has 0 saturated heterocycles. The van der Waals surface area contributed by atoms with Crippen molar-refractivity contribution >= 4 is 28.5 Å². The number of aliphatic carboxylic acids is 1. The Morgan fingerprint density at radius 2 is 2.11 bits per heavy atom. The van der Waals surface area contributed by atoms with Crippen LogP contribution in [0.1, 0.15) is 23.2 Å². The number of carboxylic acids is 1. The van der Waals surface area contributed by atoms with E-state index in [4.69, 9.17) is 16.7 Å². The van der Waals surface area contributed by atoms with E-state index in [1.165, 1.54) is 0 Å². The number of benzene rings is 1. The van der Waals surface area contributed by atoms with Crippen molar-refractivity contribution in [1.29, 1.82) is 0 Å². The maximum Gasteiger partial charge on any atom is 0.303 e. The Hall–Kier alpha value is -1.61. The van der Waals surface area contributed by atoms with Crippen LogP contribution in [0.3, 0.4) is 0 Å². The molecular formula is C14H14ClNO2. The van der Waals surface area contributed by atoms with Gasteiger partial charge in [-0.2, -0.15) is 0 Å². The number of hydrogen-bond acceptors (Lipinski definition) is 2. The monoisotopic (exact) mass is 263 g/mol. The first-order valence-corrected chi connectivity index (χ1v) is 6.14. The van der Waals surface area contributed by atoms with Crippen LogP contribution in [0.25, 0.3) is 10.9 Å². The molecule has 1 N–H and O–H groups in total. The second-order valence-corrected chi connectivity index (χ2v) is 4.80. The summed E-state index contributed by atoms with van der Waals surface area (Å²) in [5, 5.41) is 10.5. The van der Waals surface area contributed by atoms with Gasteiger partial charge in [-0.1, -0.05) is 17.7 Å². The van der Waals surface area contributed by atoms with E-state index in [0.29, 0.717) is 11.4 Å². The summed E-state index contributed by atoms with van der Waals surface area (Å²) in [6.07, 6.45) is 0.537. The molecule has 3 nitrogen and oxygen atoms in total. The fourth-order valence-electron chi connectivity index (χ4n) is 2.00. The molecule has 0 aliphatic rings.